The van der Waals surface area contributed by atoms with E-state index >= 15 is 0 Å². The summed E-state index contributed by atoms with van der Waals surface area (Å²) in [5.74, 6) is 0. The van der Waals surface area contributed by atoms with Gasteiger partial charge >= 0.3 is 6.03 Å². The molecule has 2 rings (SSSR count). The minimum Gasteiger partial charge on any atom is -0.423 e. The highest BCUT2D eigenvalue weighted by atomic mass is 16.6. The summed E-state index contributed by atoms with van der Waals surface area (Å²) in [6.07, 6.45) is 0. The number of benzene rings is 1. The van der Waals surface area contributed by atoms with Gasteiger partial charge < -0.3 is 20.0 Å². The second-order valence-corrected chi connectivity index (χ2v) is 4.48. The molecule has 0 fully saturated rings. The van der Waals surface area contributed by atoms with E-state index < -0.39 is 4.92 Å². The summed E-state index contributed by atoms with van der Waals surface area (Å²) in [5, 5.41) is 16.2. The number of oxazole rings is 1. The molecule has 0 aliphatic heterocycles. The average Bonchev–Trinajstić information content (AvgIpc) is 2.84. The van der Waals surface area contributed by atoms with E-state index in [1.165, 1.54) is 23.1 Å². The monoisotopic (exact) mass is 293 g/mol. The zero-order valence-electron chi connectivity index (χ0n) is 11.6. The molecule has 1 aromatic carbocycles. The number of hydrogen-bond donors (Lipinski definition) is 2. The number of anilines is 1. The van der Waals surface area contributed by atoms with Crippen LogP contribution in [0.3, 0.4) is 0 Å². The predicted molar refractivity (Wildman–Crippen MR) is 76.2 cm³/mol. The second-order valence-electron chi connectivity index (χ2n) is 4.48. The fraction of sp³-hybridized carbons (Fsp3) is 0.333. The SMILES string of the molecule is CN(C)C(=O)NCCNc1nc2ccc([N+](=O)[O-])cc2o1. The maximum absolute atomic E-state index is 11.3. The van der Waals surface area contributed by atoms with Gasteiger partial charge in [-0.2, -0.15) is 4.98 Å². The van der Waals surface area contributed by atoms with Crippen molar-refractivity contribution in [2.24, 2.45) is 0 Å². The molecule has 9 heteroatoms. The van der Waals surface area contributed by atoms with Crippen LogP contribution in [0.5, 0.6) is 0 Å². The van der Waals surface area contributed by atoms with Crippen LogP contribution in [0.4, 0.5) is 16.5 Å². The van der Waals surface area contributed by atoms with Crippen LogP contribution in [-0.4, -0.2) is 48.0 Å². The molecular formula is C12H15N5O4. The zero-order chi connectivity index (χ0) is 15.4. The average molecular weight is 293 g/mol. The van der Waals surface area contributed by atoms with Gasteiger partial charge in [-0.05, 0) is 6.07 Å². The van der Waals surface area contributed by atoms with Crippen molar-refractivity contribution < 1.29 is 14.1 Å². The molecule has 112 valence electrons. The van der Waals surface area contributed by atoms with E-state index in [9.17, 15) is 14.9 Å². The Kier molecular flexibility index (Phi) is 4.21. The molecule has 2 amide bonds. The van der Waals surface area contributed by atoms with Crippen molar-refractivity contribution >= 4 is 28.8 Å². The number of fused-ring (bicyclic) bond motifs is 1. The molecule has 9 nitrogen and oxygen atoms in total. The molecule has 2 aromatic rings. The van der Waals surface area contributed by atoms with Gasteiger partial charge in [0.25, 0.3) is 11.7 Å². The molecule has 0 saturated heterocycles. The number of nitro benzene ring substituents is 1. The van der Waals surface area contributed by atoms with Crippen molar-refractivity contribution in [3.05, 3.63) is 28.3 Å². The van der Waals surface area contributed by atoms with Gasteiger partial charge in [0.15, 0.2) is 5.58 Å². The fourth-order valence-corrected chi connectivity index (χ4v) is 1.60. The lowest BCUT2D eigenvalue weighted by Gasteiger charge is -2.11. The number of aromatic nitrogens is 1. The third kappa shape index (κ3) is 3.59. The number of carbonyl (C=O) groups excluding carboxylic acids is 1. The van der Waals surface area contributed by atoms with Crippen LogP contribution in [0.1, 0.15) is 0 Å². The Morgan fingerprint density at radius 3 is 2.86 bits per heavy atom. The van der Waals surface area contributed by atoms with Crippen LogP contribution >= 0.6 is 0 Å². The van der Waals surface area contributed by atoms with E-state index in [4.69, 9.17) is 4.42 Å². The molecule has 0 spiro atoms. The third-order valence-electron chi connectivity index (χ3n) is 2.67. The normalized spacial score (nSPS) is 10.4. The molecular weight excluding hydrogens is 278 g/mol. The molecule has 0 aliphatic carbocycles. The molecule has 1 aromatic heterocycles. The van der Waals surface area contributed by atoms with Crippen molar-refractivity contribution in [1.29, 1.82) is 0 Å². The minimum atomic E-state index is -0.494. The van der Waals surface area contributed by atoms with E-state index in [-0.39, 0.29) is 17.7 Å². The molecule has 0 bridgehead atoms. The van der Waals surface area contributed by atoms with Crippen molar-refractivity contribution in [1.82, 2.24) is 15.2 Å². The van der Waals surface area contributed by atoms with Crippen LogP contribution in [0.25, 0.3) is 11.1 Å². The highest BCUT2D eigenvalue weighted by Gasteiger charge is 2.11. The number of nitro groups is 1. The molecule has 0 atom stereocenters. The van der Waals surface area contributed by atoms with Gasteiger partial charge in [-0.1, -0.05) is 0 Å². The number of hydrogen-bond acceptors (Lipinski definition) is 6. The maximum atomic E-state index is 11.3. The van der Waals surface area contributed by atoms with Gasteiger partial charge in [0.1, 0.15) is 5.52 Å². The van der Waals surface area contributed by atoms with Gasteiger partial charge in [0.05, 0.1) is 11.0 Å². The van der Waals surface area contributed by atoms with Crippen molar-refractivity contribution in [2.75, 3.05) is 32.5 Å². The van der Waals surface area contributed by atoms with E-state index in [2.05, 4.69) is 15.6 Å². The summed E-state index contributed by atoms with van der Waals surface area (Å²) in [4.78, 5) is 27.0. The van der Waals surface area contributed by atoms with Gasteiger partial charge in [-0.15, -0.1) is 0 Å². The van der Waals surface area contributed by atoms with Gasteiger partial charge in [0.2, 0.25) is 0 Å². The van der Waals surface area contributed by atoms with Crippen LogP contribution in [0.15, 0.2) is 22.6 Å². The number of rotatable bonds is 5. The van der Waals surface area contributed by atoms with E-state index in [1.54, 1.807) is 14.1 Å². The summed E-state index contributed by atoms with van der Waals surface area (Å²) >= 11 is 0. The number of nitrogens with one attached hydrogen (secondary N) is 2. The highest BCUT2D eigenvalue weighted by Crippen LogP contribution is 2.23. The van der Waals surface area contributed by atoms with E-state index in [1.807, 2.05) is 0 Å². The van der Waals surface area contributed by atoms with Crippen LogP contribution in [0.2, 0.25) is 0 Å². The largest absolute Gasteiger partial charge is 0.423 e. The van der Waals surface area contributed by atoms with Gasteiger partial charge in [-0.25, -0.2) is 4.79 Å². The van der Waals surface area contributed by atoms with Gasteiger partial charge in [0, 0.05) is 33.3 Å². The first-order chi connectivity index (χ1) is 9.97. The number of carbonyl (C=O) groups is 1. The molecule has 1 heterocycles. The fourth-order valence-electron chi connectivity index (χ4n) is 1.60. The summed E-state index contributed by atoms with van der Waals surface area (Å²) in [7, 11) is 3.30. The Labute approximate surface area is 120 Å². The number of non-ortho nitro benzene ring substituents is 1. The molecule has 21 heavy (non-hydrogen) atoms. The number of nitrogens with zero attached hydrogens (tertiary/aromatic N) is 3. The lowest BCUT2D eigenvalue weighted by molar-refractivity contribution is -0.384. The molecule has 0 unspecified atom stereocenters. The molecule has 2 N–H and O–H groups in total. The first-order valence-electron chi connectivity index (χ1n) is 6.21. The second kappa shape index (κ2) is 6.07. The third-order valence-corrected chi connectivity index (χ3v) is 2.67. The quantitative estimate of drug-likeness (QED) is 0.489. The Balaban J connectivity index is 1.94. The summed E-state index contributed by atoms with van der Waals surface area (Å²) in [6.45, 7) is 0.824. The van der Waals surface area contributed by atoms with Crippen LogP contribution < -0.4 is 10.6 Å². The predicted octanol–water partition coefficient (Wildman–Crippen LogP) is 1.42. The molecule has 0 radical (unpaired) electrons. The van der Waals surface area contributed by atoms with E-state index in [0.717, 1.165) is 0 Å². The van der Waals surface area contributed by atoms with Crippen molar-refractivity contribution in [3.8, 4) is 0 Å². The van der Waals surface area contributed by atoms with Crippen molar-refractivity contribution in [2.45, 2.75) is 0 Å². The smallest absolute Gasteiger partial charge is 0.316 e. The zero-order valence-corrected chi connectivity index (χ0v) is 11.6. The molecule has 0 saturated carbocycles. The lowest BCUT2D eigenvalue weighted by Crippen LogP contribution is -2.37. The summed E-state index contributed by atoms with van der Waals surface area (Å²) < 4.78 is 5.36. The van der Waals surface area contributed by atoms with E-state index in [0.29, 0.717) is 24.2 Å². The molecule has 0 aliphatic rings. The Morgan fingerprint density at radius 2 is 2.19 bits per heavy atom. The number of amides is 2. The maximum Gasteiger partial charge on any atom is 0.316 e. The van der Waals surface area contributed by atoms with Crippen LogP contribution in [-0.2, 0) is 0 Å². The number of urea groups is 1. The first kappa shape index (κ1) is 14.6. The highest BCUT2D eigenvalue weighted by molar-refractivity contribution is 5.77. The van der Waals surface area contributed by atoms with Crippen molar-refractivity contribution in [3.63, 3.8) is 0 Å². The first-order valence-corrected chi connectivity index (χ1v) is 6.21. The standard InChI is InChI=1S/C12H15N5O4/c1-16(2)12(18)14-6-5-13-11-15-9-4-3-8(17(19)20)7-10(9)21-11/h3-4,7H,5-6H2,1-2H3,(H,13,15)(H,14,18). The Hall–Kier alpha value is -2.84. The lowest BCUT2D eigenvalue weighted by atomic mass is 10.3. The van der Waals surface area contributed by atoms with Gasteiger partial charge in [-0.3, -0.25) is 10.1 Å². The van der Waals surface area contributed by atoms with Crippen LogP contribution in [0, 0.1) is 10.1 Å². The topological polar surface area (TPSA) is 114 Å². The Morgan fingerprint density at radius 1 is 1.43 bits per heavy atom. The summed E-state index contributed by atoms with van der Waals surface area (Å²) in [5.41, 5.74) is 0.813. The summed E-state index contributed by atoms with van der Waals surface area (Å²) in [6, 6.07) is 4.28. The Bertz CT molecular complexity index is 667. The minimum absolute atomic E-state index is 0.0524.